The fourth-order valence-electron chi connectivity index (χ4n) is 1.93. The van der Waals surface area contributed by atoms with Gasteiger partial charge in [-0.3, -0.25) is 25.0 Å². The minimum atomic E-state index is -0.662. The molecule has 1 amide bonds. The van der Waals surface area contributed by atoms with Crippen LogP contribution in [0.2, 0.25) is 0 Å². The Morgan fingerprint density at radius 2 is 1.45 bits per heavy atom. The Morgan fingerprint density at radius 3 is 2.09 bits per heavy atom. The standard InChI is InChI=1S/C14H11N3O5/c18-14(11-6-2-4-8-13(11)17(21)22)15-9-10-5-1-3-7-12(10)16(19)20/h1-8H,9H2,(H,15,18). The van der Waals surface area contributed by atoms with E-state index < -0.39 is 15.8 Å². The smallest absolute Gasteiger partial charge is 0.282 e. The van der Waals surface area contributed by atoms with Gasteiger partial charge in [0.25, 0.3) is 17.3 Å². The number of amides is 1. The normalized spacial score (nSPS) is 10.0. The highest BCUT2D eigenvalue weighted by Gasteiger charge is 2.20. The van der Waals surface area contributed by atoms with E-state index in [-0.39, 0.29) is 23.5 Å². The third-order valence-corrected chi connectivity index (χ3v) is 2.97. The molecular weight excluding hydrogens is 290 g/mol. The van der Waals surface area contributed by atoms with Crippen LogP contribution in [-0.4, -0.2) is 15.8 Å². The monoisotopic (exact) mass is 301 g/mol. The van der Waals surface area contributed by atoms with E-state index in [4.69, 9.17) is 0 Å². The zero-order valence-corrected chi connectivity index (χ0v) is 11.3. The van der Waals surface area contributed by atoms with Gasteiger partial charge in [0.15, 0.2) is 0 Å². The summed E-state index contributed by atoms with van der Waals surface area (Å²) in [5.41, 5.74) is -0.210. The summed E-state index contributed by atoms with van der Waals surface area (Å²) in [6.45, 7) is -0.0952. The van der Waals surface area contributed by atoms with Crippen LogP contribution in [0.25, 0.3) is 0 Å². The zero-order chi connectivity index (χ0) is 16.1. The Labute approximate surface area is 124 Å². The van der Waals surface area contributed by atoms with Crippen molar-refractivity contribution in [3.63, 3.8) is 0 Å². The maximum absolute atomic E-state index is 12.0. The van der Waals surface area contributed by atoms with Crippen LogP contribution in [0, 0.1) is 20.2 Å². The average Bonchev–Trinajstić information content (AvgIpc) is 2.52. The number of hydrogen-bond donors (Lipinski definition) is 1. The van der Waals surface area contributed by atoms with Gasteiger partial charge in [0, 0.05) is 24.2 Å². The van der Waals surface area contributed by atoms with Crippen molar-refractivity contribution in [1.29, 1.82) is 0 Å². The van der Waals surface area contributed by atoms with Crippen LogP contribution in [0.15, 0.2) is 48.5 Å². The third kappa shape index (κ3) is 3.23. The van der Waals surface area contributed by atoms with Crippen molar-refractivity contribution in [3.8, 4) is 0 Å². The van der Waals surface area contributed by atoms with Crippen molar-refractivity contribution >= 4 is 17.3 Å². The molecule has 112 valence electrons. The number of benzene rings is 2. The van der Waals surface area contributed by atoms with E-state index in [9.17, 15) is 25.0 Å². The molecule has 0 aliphatic rings. The number of nitrogens with zero attached hydrogens (tertiary/aromatic N) is 2. The van der Waals surface area contributed by atoms with E-state index in [2.05, 4.69) is 5.32 Å². The molecule has 0 unspecified atom stereocenters. The van der Waals surface area contributed by atoms with Gasteiger partial charge in [0.05, 0.1) is 9.85 Å². The summed E-state index contributed by atoms with van der Waals surface area (Å²) in [6.07, 6.45) is 0. The molecule has 8 heteroatoms. The van der Waals surface area contributed by atoms with Crippen molar-refractivity contribution in [2.75, 3.05) is 0 Å². The molecule has 0 aromatic heterocycles. The van der Waals surface area contributed by atoms with Gasteiger partial charge < -0.3 is 5.32 Å². The van der Waals surface area contributed by atoms with Gasteiger partial charge in [-0.15, -0.1) is 0 Å². The number of rotatable bonds is 5. The van der Waals surface area contributed by atoms with E-state index in [0.717, 1.165) is 0 Å². The largest absolute Gasteiger partial charge is 0.347 e. The highest BCUT2D eigenvalue weighted by molar-refractivity contribution is 5.98. The summed E-state index contributed by atoms with van der Waals surface area (Å²) in [5, 5.41) is 24.2. The third-order valence-electron chi connectivity index (χ3n) is 2.97. The van der Waals surface area contributed by atoms with E-state index in [0.29, 0.717) is 5.56 Å². The Hall–Kier alpha value is -3.29. The molecule has 0 saturated heterocycles. The second kappa shape index (κ2) is 6.44. The molecule has 0 atom stereocenters. The number of para-hydroxylation sites is 2. The van der Waals surface area contributed by atoms with Crippen LogP contribution in [0.5, 0.6) is 0 Å². The van der Waals surface area contributed by atoms with Crippen molar-refractivity contribution < 1.29 is 14.6 Å². The molecule has 0 spiro atoms. The second-order valence-electron chi connectivity index (χ2n) is 4.34. The van der Waals surface area contributed by atoms with Gasteiger partial charge in [0.2, 0.25) is 0 Å². The van der Waals surface area contributed by atoms with Crippen molar-refractivity contribution in [3.05, 3.63) is 79.9 Å². The molecule has 0 radical (unpaired) electrons. The molecular formula is C14H11N3O5. The lowest BCUT2D eigenvalue weighted by Crippen LogP contribution is -2.24. The quantitative estimate of drug-likeness (QED) is 0.672. The summed E-state index contributed by atoms with van der Waals surface area (Å²) >= 11 is 0. The van der Waals surface area contributed by atoms with Crippen LogP contribution in [0.1, 0.15) is 15.9 Å². The van der Waals surface area contributed by atoms with Gasteiger partial charge in [-0.05, 0) is 6.07 Å². The predicted molar refractivity (Wildman–Crippen MR) is 77.4 cm³/mol. The number of carbonyl (C=O) groups is 1. The second-order valence-corrected chi connectivity index (χ2v) is 4.34. The minimum Gasteiger partial charge on any atom is -0.347 e. The van der Waals surface area contributed by atoms with Crippen molar-refractivity contribution in [1.82, 2.24) is 5.32 Å². The predicted octanol–water partition coefficient (Wildman–Crippen LogP) is 2.43. The highest BCUT2D eigenvalue weighted by Crippen LogP contribution is 2.19. The first-order chi connectivity index (χ1) is 10.5. The molecule has 1 N–H and O–H groups in total. The molecule has 0 fully saturated rings. The number of carbonyl (C=O) groups excluding carboxylic acids is 1. The summed E-state index contributed by atoms with van der Waals surface area (Å²) in [5.74, 6) is -0.662. The molecule has 0 saturated carbocycles. The molecule has 0 aliphatic heterocycles. The average molecular weight is 301 g/mol. The van der Waals surface area contributed by atoms with Crippen LogP contribution in [-0.2, 0) is 6.54 Å². The zero-order valence-electron chi connectivity index (χ0n) is 11.3. The number of nitro groups is 2. The number of nitrogens with one attached hydrogen (secondary N) is 1. The van der Waals surface area contributed by atoms with Gasteiger partial charge in [-0.1, -0.05) is 30.3 Å². The molecule has 2 aromatic rings. The molecule has 0 heterocycles. The summed E-state index contributed by atoms with van der Waals surface area (Å²) in [7, 11) is 0. The molecule has 2 aromatic carbocycles. The van der Waals surface area contributed by atoms with Gasteiger partial charge >= 0.3 is 0 Å². The Bertz CT molecular complexity index is 745. The first-order valence-electron chi connectivity index (χ1n) is 6.24. The lowest BCUT2D eigenvalue weighted by molar-refractivity contribution is -0.385. The molecule has 8 nitrogen and oxygen atoms in total. The van der Waals surface area contributed by atoms with Gasteiger partial charge in [-0.25, -0.2) is 0 Å². The number of nitro benzene ring substituents is 2. The molecule has 0 bridgehead atoms. The van der Waals surface area contributed by atoms with Crippen molar-refractivity contribution in [2.24, 2.45) is 0 Å². The Balaban J connectivity index is 2.18. The summed E-state index contributed by atoms with van der Waals surface area (Å²) < 4.78 is 0. The Kier molecular flexibility index (Phi) is 4.42. The highest BCUT2D eigenvalue weighted by atomic mass is 16.6. The first-order valence-corrected chi connectivity index (χ1v) is 6.24. The van der Waals surface area contributed by atoms with Crippen LogP contribution in [0.3, 0.4) is 0 Å². The SMILES string of the molecule is O=C(NCc1ccccc1[N+](=O)[O-])c1ccccc1[N+](=O)[O-]. The van der Waals surface area contributed by atoms with E-state index >= 15 is 0 Å². The topological polar surface area (TPSA) is 115 Å². The Morgan fingerprint density at radius 1 is 0.909 bits per heavy atom. The van der Waals surface area contributed by atoms with Gasteiger partial charge in [-0.2, -0.15) is 0 Å². The van der Waals surface area contributed by atoms with Crippen molar-refractivity contribution in [2.45, 2.75) is 6.54 Å². The fourth-order valence-corrected chi connectivity index (χ4v) is 1.93. The van der Waals surface area contributed by atoms with Crippen LogP contribution in [0.4, 0.5) is 11.4 Å². The fraction of sp³-hybridized carbons (Fsp3) is 0.0714. The number of hydrogen-bond acceptors (Lipinski definition) is 5. The summed E-state index contributed by atoms with van der Waals surface area (Å²) in [4.78, 5) is 32.6. The maximum Gasteiger partial charge on any atom is 0.282 e. The van der Waals surface area contributed by atoms with Gasteiger partial charge in [0.1, 0.15) is 5.56 Å². The molecule has 0 aliphatic carbocycles. The van der Waals surface area contributed by atoms with Crippen LogP contribution >= 0.6 is 0 Å². The minimum absolute atomic E-state index is 0.0916. The lowest BCUT2D eigenvalue weighted by Gasteiger charge is -2.06. The summed E-state index contributed by atoms with van der Waals surface area (Å²) in [6, 6.07) is 11.5. The first kappa shape index (κ1) is 15.1. The van der Waals surface area contributed by atoms with Crippen LogP contribution < -0.4 is 5.32 Å². The van der Waals surface area contributed by atoms with E-state index in [1.807, 2.05) is 0 Å². The molecule has 2 rings (SSSR count). The maximum atomic E-state index is 12.0. The van der Waals surface area contributed by atoms with E-state index in [1.54, 1.807) is 6.07 Å². The van der Waals surface area contributed by atoms with E-state index in [1.165, 1.54) is 42.5 Å². The molecule has 22 heavy (non-hydrogen) atoms. The lowest BCUT2D eigenvalue weighted by atomic mass is 10.1.